The predicted molar refractivity (Wildman–Crippen MR) is 271 cm³/mol. The minimum atomic E-state index is -0.527. The number of hydrogen-bond donors (Lipinski definition) is 0. The van der Waals surface area contributed by atoms with Gasteiger partial charge in [0.1, 0.15) is 0 Å². The summed E-state index contributed by atoms with van der Waals surface area (Å²) in [5.74, 6) is 1.88. The van der Waals surface area contributed by atoms with Crippen molar-refractivity contribution >= 4 is 32.6 Å². The summed E-state index contributed by atoms with van der Waals surface area (Å²) in [5, 5.41) is 4.93. The molecule has 4 heteroatoms. The van der Waals surface area contributed by atoms with Gasteiger partial charge in [0.25, 0.3) is 0 Å². The molecular weight excluding hydrogens is 801 g/mol. The lowest BCUT2D eigenvalue weighted by Gasteiger charge is -2.35. The standard InChI is InChI=1S/C62H40N4/c1-4-18-42(19-5-1)59-63-60(65-61(64-59)44-36-38-48(39-37-44)66-55-30-16-13-26-50(55)51-27-14-17-31-56(51)66)43-34-32-41(33-35-43)53-40-45-20-10-11-25-49(45)58-57(53)52-28-12-15-29-54(52)62(58,46-21-6-2-7-22-46)47-23-8-3-9-24-47/h1-40H. The Bertz CT molecular complexity index is 3690. The van der Waals surface area contributed by atoms with Crippen molar-refractivity contribution in [2.45, 2.75) is 5.41 Å². The van der Waals surface area contributed by atoms with Crippen LogP contribution in [0.25, 0.3) is 94.7 Å². The zero-order chi connectivity index (χ0) is 43.6. The third-order valence-corrected chi connectivity index (χ3v) is 13.5. The van der Waals surface area contributed by atoms with Gasteiger partial charge in [-0.3, -0.25) is 0 Å². The Hall–Kier alpha value is -8.73. The van der Waals surface area contributed by atoms with Crippen LogP contribution in [0.5, 0.6) is 0 Å². The lowest BCUT2D eigenvalue weighted by molar-refractivity contribution is 0.775. The summed E-state index contributed by atoms with van der Waals surface area (Å²) in [6.07, 6.45) is 0. The summed E-state index contributed by atoms with van der Waals surface area (Å²) in [7, 11) is 0. The molecule has 0 N–H and O–H groups in total. The Morgan fingerprint density at radius 1 is 0.333 bits per heavy atom. The summed E-state index contributed by atoms with van der Waals surface area (Å²) >= 11 is 0. The van der Waals surface area contributed by atoms with Crippen molar-refractivity contribution in [1.82, 2.24) is 19.5 Å². The van der Waals surface area contributed by atoms with Crippen LogP contribution < -0.4 is 0 Å². The van der Waals surface area contributed by atoms with Gasteiger partial charge in [0, 0.05) is 33.2 Å². The SMILES string of the molecule is c1ccc(-c2nc(-c3ccc(-c4cc5ccccc5c5c4-c4ccccc4C5(c4ccccc4)c4ccccc4)cc3)nc(-c3ccc(-n4c5ccccc5c5ccccc54)cc3)n2)cc1. The zero-order valence-electron chi connectivity index (χ0n) is 35.9. The van der Waals surface area contributed by atoms with Crippen molar-refractivity contribution in [3.05, 3.63) is 265 Å². The molecule has 1 aliphatic carbocycles. The minimum Gasteiger partial charge on any atom is -0.309 e. The maximum atomic E-state index is 5.18. The number of rotatable bonds is 7. The molecule has 0 unspecified atom stereocenters. The van der Waals surface area contributed by atoms with Crippen LogP contribution in [0.4, 0.5) is 0 Å². The molecule has 0 spiro atoms. The smallest absolute Gasteiger partial charge is 0.164 e. The summed E-state index contributed by atoms with van der Waals surface area (Å²) in [6.45, 7) is 0. The molecule has 0 atom stereocenters. The van der Waals surface area contributed by atoms with Gasteiger partial charge in [-0.1, -0.05) is 200 Å². The molecule has 66 heavy (non-hydrogen) atoms. The molecule has 4 nitrogen and oxygen atoms in total. The van der Waals surface area contributed by atoms with Crippen LogP contribution in [0.1, 0.15) is 22.3 Å². The second kappa shape index (κ2) is 15.2. The molecule has 0 radical (unpaired) electrons. The normalized spacial score (nSPS) is 12.7. The highest BCUT2D eigenvalue weighted by Crippen LogP contribution is 2.60. The predicted octanol–water partition coefficient (Wildman–Crippen LogP) is 15.2. The van der Waals surface area contributed by atoms with Crippen LogP contribution in [-0.4, -0.2) is 19.5 Å². The van der Waals surface area contributed by atoms with Gasteiger partial charge in [-0.25, -0.2) is 15.0 Å². The quantitative estimate of drug-likeness (QED) is 0.161. The van der Waals surface area contributed by atoms with Crippen molar-refractivity contribution in [3.63, 3.8) is 0 Å². The van der Waals surface area contributed by atoms with E-state index in [1.807, 2.05) is 18.2 Å². The maximum Gasteiger partial charge on any atom is 0.164 e. The Morgan fingerprint density at radius 2 is 0.773 bits per heavy atom. The first-order chi connectivity index (χ1) is 32.7. The lowest BCUT2D eigenvalue weighted by atomic mass is 9.66. The average Bonchev–Trinajstić information content (AvgIpc) is 3.91. The van der Waals surface area contributed by atoms with E-state index >= 15 is 0 Å². The van der Waals surface area contributed by atoms with E-state index in [1.54, 1.807) is 0 Å². The molecular formula is C62H40N4. The second-order valence-corrected chi connectivity index (χ2v) is 17.1. The molecule has 13 rings (SSSR count). The van der Waals surface area contributed by atoms with Crippen LogP contribution in [0, 0.1) is 0 Å². The molecule has 0 fully saturated rings. The van der Waals surface area contributed by atoms with Crippen molar-refractivity contribution in [2.75, 3.05) is 0 Å². The van der Waals surface area contributed by atoms with Gasteiger partial charge in [-0.2, -0.15) is 0 Å². The van der Waals surface area contributed by atoms with Gasteiger partial charge >= 0.3 is 0 Å². The molecule has 10 aromatic carbocycles. The van der Waals surface area contributed by atoms with E-state index in [2.05, 4.69) is 229 Å². The number of hydrogen-bond acceptors (Lipinski definition) is 3. The molecule has 0 saturated heterocycles. The molecule has 12 aromatic rings. The van der Waals surface area contributed by atoms with Gasteiger partial charge < -0.3 is 4.57 Å². The highest BCUT2D eigenvalue weighted by molar-refractivity contribution is 6.09. The van der Waals surface area contributed by atoms with E-state index < -0.39 is 5.41 Å². The molecule has 0 amide bonds. The Kier molecular flexibility index (Phi) is 8.72. The fraction of sp³-hybridized carbons (Fsp3) is 0.0161. The largest absolute Gasteiger partial charge is 0.309 e. The Balaban J connectivity index is 0.955. The second-order valence-electron chi connectivity index (χ2n) is 17.1. The number of aromatic nitrogens is 4. The van der Waals surface area contributed by atoms with E-state index in [0.29, 0.717) is 17.5 Å². The number of para-hydroxylation sites is 2. The van der Waals surface area contributed by atoms with Gasteiger partial charge in [0.05, 0.1) is 16.4 Å². The highest BCUT2D eigenvalue weighted by atomic mass is 15.0. The maximum absolute atomic E-state index is 5.18. The van der Waals surface area contributed by atoms with Crippen molar-refractivity contribution in [1.29, 1.82) is 0 Å². The van der Waals surface area contributed by atoms with Crippen LogP contribution in [-0.2, 0) is 5.41 Å². The fourth-order valence-corrected chi connectivity index (χ4v) is 10.7. The van der Waals surface area contributed by atoms with E-state index in [1.165, 1.54) is 71.5 Å². The zero-order valence-corrected chi connectivity index (χ0v) is 35.9. The average molecular weight is 841 g/mol. The minimum absolute atomic E-state index is 0.527. The van der Waals surface area contributed by atoms with Crippen molar-refractivity contribution in [3.8, 4) is 62.1 Å². The third-order valence-electron chi connectivity index (χ3n) is 13.5. The van der Waals surface area contributed by atoms with Crippen LogP contribution in [0.2, 0.25) is 0 Å². The van der Waals surface area contributed by atoms with E-state index in [-0.39, 0.29) is 0 Å². The topological polar surface area (TPSA) is 43.6 Å². The molecule has 0 saturated carbocycles. The molecule has 0 aliphatic heterocycles. The van der Waals surface area contributed by atoms with Crippen molar-refractivity contribution < 1.29 is 0 Å². The lowest BCUT2D eigenvalue weighted by Crippen LogP contribution is -2.28. The van der Waals surface area contributed by atoms with Crippen LogP contribution >= 0.6 is 0 Å². The van der Waals surface area contributed by atoms with Crippen LogP contribution in [0.15, 0.2) is 243 Å². The highest BCUT2D eigenvalue weighted by Gasteiger charge is 2.48. The van der Waals surface area contributed by atoms with Crippen molar-refractivity contribution in [2.24, 2.45) is 0 Å². The Labute approximate surface area is 382 Å². The van der Waals surface area contributed by atoms with Gasteiger partial charge in [-0.05, 0) is 97.7 Å². The number of benzene rings is 10. The molecule has 0 bridgehead atoms. The fourth-order valence-electron chi connectivity index (χ4n) is 10.7. The van der Waals surface area contributed by atoms with E-state index in [0.717, 1.165) is 27.9 Å². The van der Waals surface area contributed by atoms with Gasteiger partial charge in [0.15, 0.2) is 17.5 Å². The first-order valence-corrected chi connectivity index (χ1v) is 22.5. The summed E-state index contributed by atoms with van der Waals surface area (Å²) in [5.41, 5.74) is 15.6. The monoisotopic (exact) mass is 840 g/mol. The molecule has 1 aliphatic rings. The van der Waals surface area contributed by atoms with Gasteiger partial charge in [-0.15, -0.1) is 0 Å². The summed E-state index contributed by atoms with van der Waals surface area (Å²) in [6, 6.07) is 87.1. The van der Waals surface area contributed by atoms with Gasteiger partial charge in [0.2, 0.25) is 0 Å². The first kappa shape index (κ1) is 37.8. The number of nitrogens with zero attached hydrogens (tertiary/aromatic N) is 4. The van der Waals surface area contributed by atoms with E-state index in [9.17, 15) is 0 Å². The van der Waals surface area contributed by atoms with E-state index in [4.69, 9.17) is 15.0 Å². The first-order valence-electron chi connectivity index (χ1n) is 22.5. The Morgan fingerprint density at radius 3 is 1.36 bits per heavy atom. The molecule has 308 valence electrons. The molecule has 2 heterocycles. The number of fused-ring (bicyclic) bond motifs is 8. The summed E-state index contributed by atoms with van der Waals surface area (Å²) < 4.78 is 2.33. The summed E-state index contributed by atoms with van der Waals surface area (Å²) in [4.78, 5) is 15.4. The molecule has 2 aromatic heterocycles. The van der Waals surface area contributed by atoms with Crippen LogP contribution in [0.3, 0.4) is 0 Å². The third kappa shape index (κ3) is 5.82.